The molecule has 1 aliphatic carbocycles. The molecular weight excluding hydrogens is 327 g/mol. The molecule has 1 heterocycles. The lowest BCUT2D eigenvalue weighted by Crippen LogP contribution is -2.25. The molecule has 3 rings (SSSR count). The van der Waals surface area contributed by atoms with E-state index in [4.69, 9.17) is 32.7 Å². The summed E-state index contributed by atoms with van der Waals surface area (Å²) in [5.74, 6) is -0.692. The van der Waals surface area contributed by atoms with Crippen LogP contribution in [0.1, 0.15) is 34.8 Å². The van der Waals surface area contributed by atoms with Gasteiger partial charge in [-0.2, -0.15) is 0 Å². The molecule has 0 radical (unpaired) electrons. The molecule has 1 aromatic heterocycles. The van der Waals surface area contributed by atoms with Gasteiger partial charge in [-0.1, -0.05) is 29.3 Å². The molecule has 0 spiro atoms. The molecule has 116 valence electrons. The number of carboxylic acid groups (broad SMARTS) is 1. The van der Waals surface area contributed by atoms with Crippen molar-refractivity contribution in [3.63, 3.8) is 0 Å². The number of rotatable bonds is 6. The van der Waals surface area contributed by atoms with E-state index in [0.717, 1.165) is 24.7 Å². The van der Waals surface area contributed by atoms with E-state index in [1.54, 1.807) is 6.07 Å². The lowest BCUT2D eigenvalue weighted by Gasteiger charge is -2.21. The molecule has 1 N–H and O–H groups in total. The highest BCUT2D eigenvalue weighted by molar-refractivity contribution is 6.35. The Balaban J connectivity index is 1.73. The first-order valence-electron chi connectivity index (χ1n) is 6.88. The Labute approximate surface area is 137 Å². The summed E-state index contributed by atoms with van der Waals surface area (Å²) in [7, 11) is 0. The van der Waals surface area contributed by atoms with E-state index in [-0.39, 0.29) is 5.69 Å². The van der Waals surface area contributed by atoms with Crippen molar-refractivity contribution in [2.45, 2.75) is 32.0 Å². The summed E-state index contributed by atoms with van der Waals surface area (Å²) in [5.41, 5.74) is 0.901. The largest absolute Gasteiger partial charge is 0.476 e. The van der Waals surface area contributed by atoms with Gasteiger partial charge in [-0.25, -0.2) is 9.78 Å². The van der Waals surface area contributed by atoms with Crippen LogP contribution in [-0.2, 0) is 13.1 Å². The quantitative estimate of drug-likeness (QED) is 0.865. The second-order valence-corrected chi connectivity index (χ2v) is 6.15. The number of aromatic nitrogens is 1. The van der Waals surface area contributed by atoms with E-state index in [1.807, 2.05) is 12.1 Å². The molecule has 1 saturated carbocycles. The summed E-state index contributed by atoms with van der Waals surface area (Å²) in [5, 5.41) is 10.1. The van der Waals surface area contributed by atoms with Gasteiger partial charge < -0.3 is 9.52 Å². The fourth-order valence-electron chi connectivity index (χ4n) is 2.28. The van der Waals surface area contributed by atoms with Crippen LogP contribution in [0, 0.1) is 0 Å². The van der Waals surface area contributed by atoms with Gasteiger partial charge in [0.05, 0.1) is 6.54 Å². The highest BCUT2D eigenvalue weighted by Gasteiger charge is 2.30. The van der Waals surface area contributed by atoms with Crippen molar-refractivity contribution < 1.29 is 14.3 Å². The van der Waals surface area contributed by atoms with Gasteiger partial charge in [-0.05, 0) is 30.5 Å². The van der Waals surface area contributed by atoms with E-state index in [2.05, 4.69) is 9.88 Å². The maximum atomic E-state index is 10.8. The molecule has 0 aliphatic heterocycles. The number of nitrogens with zero attached hydrogens (tertiary/aromatic N) is 2. The fourth-order valence-corrected chi connectivity index (χ4v) is 2.75. The summed E-state index contributed by atoms with van der Waals surface area (Å²) in [6.45, 7) is 1.10. The molecule has 7 heteroatoms. The minimum Gasteiger partial charge on any atom is -0.476 e. The number of halogens is 2. The van der Waals surface area contributed by atoms with Crippen molar-refractivity contribution in [2.75, 3.05) is 0 Å². The van der Waals surface area contributed by atoms with Gasteiger partial charge in [0, 0.05) is 22.6 Å². The summed E-state index contributed by atoms with van der Waals surface area (Å²) >= 11 is 12.1. The van der Waals surface area contributed by atoms with Gasteiger partial charge in [0.2, 0.25) is 5.89 Å². The molecule has 0 unspecified atom stereocenters. The summed E-state index contributed by atoms with van der Waals surface area (Å²) in [6.07, 6.45) is 3.38. The van der Waals surface area contributed by atoms with Crippen LogP contribution < -0.4 is 0 Å². The zero-order chi connectivity index (χ0) is 15.7. The SMILES string of the molecule is O=C(O)c1coc(CN(Cc2ccc(Cl)cc2Cl)C2CC2)n1. The van der Waals surface area contributed by atoms with E-state index in [0.29, 0.717) is 35.1 Å². The third-order valence-corrected chi connectivity index (χ3v) is 4.15. The highest BCUT2D eigenvalue weighted by Crippen LogP contribution is 2.31. The van der Waals surface area contributed by atoms with Crippen molar-refractivity contribution in [2.24, 2.45) is 0 Å². The normalized spacial score (nSPS) is 14.5. The van der Waals surface area contributed by atoms with Gasteiger partial charge in [-0.3, -0.25) is 4.90 Å². The van der Waals surface area contributed by atoms with Crippen LogP contribution in [0.5, 0.6) is 0 Å². The third kappa shape index (κ3) is 3.61. The van der Waals surface area contributed by atoms with Gasteiger partial charge in [0.25, 0.3) is 0 Å². The first kappa shape index (κ1) is 15.3. The lowest BCUT2D eigenvalue weighted by atomic mass is 10.2. The number of aromatic carboxylic acids is 1. The monoisotopic (exact) mass is 340 g/mol. The van der Waals surface area contributed by atoms with Gasteiger partial charge >= 0.3 is 5.97 Å². The van der Waals surface area contributed by atoms with Gasteiger partial charge in [-0.15, -0.1) is 0 Å². The maximum Gasteiger partial charge on any atom is 0.357 e. The van der Waals surface area contributed by atoms with Crippen molar-refractivity contribution >= 4 is 29.2 Å². The van der Waals surface area contributed by atoms with Crippen LogP contribution in [0.25, 0.3) is 0 Å². The molecule has 1 aromatic carbocycles. The molecule has 0 atom stereocenters. The standard InChI is InChI=1S/C15H14Cl2N2O3/c16-10-2-1-9(12(17)5-10)6-19(11-3-4-11)7-14-18-13(8-22-14)15(20)21/h1-2,5,8,11H,3-4,6-7H2,(H,20,21). The number of carboxylic acids is 1. The van der Waals surface area contributed by atoms with Crippen LogP contribution in [0.3, 0.4) is 0 Å². The smallest absolute Gasteiger partial charge is 0.357 e. The zero-order valence-corrected chi connectivity index (χ0v) is 13.1. The molecular formula is C15H14Cl2N2O3. The minimum atomic E-state index is -1.09. The Morgan fingerprint density at radius 3 is 2.73 bits per heavy atom. The Kier molecular flexibility index (Phi) is 4.38. The molecule has 22 heavy (non-hydrogen) atoms. The molecule has 0 saturated heterocycles. The van der Waals surface area contributed by atoms with Crippen LogP contribution >= 0.6 is 23.2 Å². The Morgan fingerprint density at radius 2 is 2.14 bits per heavy atom. The Bertz CT molecular complexity index is 698. The predicted octanol–water partition coefficient (Wildman–Crippen LogP) is 3.84. The van der Waals surface area contributed by atoms with E-state index in [9.17, 15) is 4.79 Å². The fraction of sp³-hybridized carbons (Fsp3) is 0.333. The molecule has 5 nitrogen and oxygen atoms in total. The van der Waals surface area contributed by atoms with Gasteiger partial charge in [0.1, 0.15) is 6.26 Å². The third-order valence-electron chi connectivity index (χ3n) is 3.56. The first-order chi connectivity index (χ1) is 10.5. The number of hydrogen-bond acceptors (Lipinski definition) is 4. The summed E-state index contributed by atoms with van der Waals surface area (Å²) in [4.78, 5) is 17.0. The van der Waals surface area contributed by atoms with Crippen molar-refractivity contribution in [3.05, 3.63) is 51.7 Å². The van der Waals surface area contributed by atoms with Crippen LogP contribution in [0.15, 0.2) is 28.9 Å². The van der Waals surface area contributed by atoms with Crippen molar-refractivity contribution in [1.82, 2.24) is 9.88 Å². The number of carbonyl (C=O) groups is 1. The molecule has 0 amide bonds. The van der Waals surface area contributed by atoms with Gasteiger partial charge in [0.15, 0.2) is 5.69 Å². The van der Waals surface area contributed by atoms with E-state index < -0.39 is 5.97 Å². The summed E-state index contributed by atoms with van der Waals surface area (Å²) < 4.78 is 5.23. The van der Waals surface area contributed by atoms with Crippen LogP contribution in [0.2, 0.25) is 10.0 Å². The van der Waals surface area contributed by atoms with Crippen LogP contribution in [-0.4, -0.2) is 27.0 Å². The predicted molar refractivity (Wildman–Crippen MR) is 82.2 cm³/mol. The second-order valence-electron chi connectivity index (χ2n) is 5.30. The molecule has 1 fully saturated rings. The molecule has 0 bridgehead atoms. The summed E-state index contributed by atoms with van der Waals surface area (Å²) in [6, 6.07) is 5.88. The highest BCUT2D eigenvalue weighted by atomic mass is 35.5. The lowest BCUT2D eigenvalue weighted by molar-refractivity contribution is 0.0690. The average Bonchev–Trinajstić information content (AvgIpc) is 3.20. The Hall–Kier alpha value is -1.56. The van der Waals surface area contributed by atoms with Crippen LogP contribution in [0.4, 0.5) is 0 Å². The maximum absolute atomic E-state index is 10.8. The molecule has 2 aromatic rings. The van der Waals surface area contributed by atoms with E-state index >= 15 is 0 Å². The average molecular weight is 341 g/mol. The molecule has 1 aliphatic rings. The number of benzene rings is 1. The van der Waals surface area contributed by atoms with E-state index in [1.165, 1.54) is 0 Å². The second kappa shape index (κ2) is 6.28. The first-order valence-corrected chi connectivity index (χ1v) is 7.64. The zero-order valence-electron chi connectivity index (χ0n) is 11.6. The number of oxazole rings is 1. The topological polar surface area (TPSA) is 66.6 Å². The number of hydrogen-bond donors (Lipinski definition) is 1. The minimum absolute atomic E-state index is 0.0738. The van der Waals surface area contributed by atoms with Crippen molar-refractivity contribution in [1.29, 1.82) is 0 Å². The van der Waals surface area contributed by atoms with Crippen molar-refractivity contribution in [3.8, 4) is 0 Å². The Morgan fingerprint density at radius 1 is 1.36 bits per heavy atom.